The van der Waals surface area contributed by atoms with Crippen LogP contribution in [0.3, 0.4) is 0 Å². The Morgan fingerprint density at radius 1 is 1.40 bits per heavy atom. The van der Waals surface area contributed by atoms with Crippen molar-refractivity contribution in [2.24, 2.45) is 16.8 Å². The van der Waals surface area contributed by atoms with E-state index in [1.807, 2.05) is 0 Å². The predicted molar refractivity (Wildman–Crippen MR) is 60.0 cm³/mol. The lowest BCUT2D eigenvalue weighted by molar-refractivity contribution is 0.314. The maximum atomic E-state index is 8.52. The van der Waals surface area contributed by atoms with E-state index in [0.29, 0.717) is 18.2 Å². The van der Waals surface area contributed by atoms with Crippen LogP contribution in [0.1, 0.15) is 24.0 Å². The van der Waals surface area contributed by atoms with Gasteiger partial charge in [-0.05, 0) is 36.3 Å². The van der Waals surface area contributed by atoms with Gasteiger partial charge in [0.15, 0.2) is 0 Å². The Morgan fingerprint density at radius 3 is 2.87 bits per heavy atom. The first kappa shape index (κ1) is 10.0. The van der Waals surface area contributed by atoms with Crippen molar-refractivity contribution in [3.63, 3.8) is 0 Å². The number of hydrogen-bond donors (Lipinski definition) is 2. The molecule has 1 atom stereocenters. The van der Waals surface area contributed by atoms with E-state index in [-0.39, 0.29) is 0 Å². The number of aryl methyl sites for hydroxylation is 1. The molecular formula is C12H16N2O. The summed E-state index contributed by atoms with van der Waals surface area (Å²) >= 11 is 0. The maximum Gasteiger partial charge on any atom is 0.139 e. The molecular weight excluding hydrogens is 188 g/mol. The topological polar surface area (TPSA) is 58.6 Å². The van der Waals surface area contributed by atoms with Crippen molar-refractivity contribution in [1.29, 1.82) is 0 Å². The Balaban J connectivity index is 2.06. The number of nitrogens with two attached hydrogens (primary N) is 1. The second kappa shape index (κ2) is 4.34. The van der Waals surface area contributed by atoms with Gasteiger partial charge >= 0.3 is 0 Å². The average molecular weight is 204 g/mol. The fraction of sp³-hybridized carbons (Fsp3) is 0.417. The van der Waals surface area contributed by atoms with Gasteiger partial charge in [0.1, 0.15) is 5.84 Å². The molecule has 80 valence electrons. The van der Waals surface area contributed by atoms with Gasteiger partial charge in [-0.15, -0.1) is 0 Å². The van der Waals surface area contributed by atoms with Crippen LogP contribution in [0.4, 0.5) is 0 Å². The second-order valence-electron chi connectivity index (χ2n) is 4.17. The van der Waals surface area contributed by atoms with Crippen molar-refractivity contribution in [1.82, 2.24) is 0 Å². The molecule has 0 saturated carbocycles. The quantitative estimate of drug-likeness (QED) is 0.335. The Labute approximate surface area is 89.6 Å². The summed E-state index contributed by atoms with van der Waals surface area (Å²) in [5.74, 6) is 0.871. The van der Waals surface area contributed by atoms with Gasteiger partial charge < -0.3 is 10.9 Å². The average Bonchev–Trinajstić information content (AvgIpc) is 2.29. The third kappa shape index (κ3) is 2.29. The normalized spacial score (nSPS) is 21.1. The van der Waals surface area contributed by atoms with Crippen molar-refractivity contribution in [2.45, 2.75) is 25.7 Å². The van der Waals surface area contributed by atoms with Crippen molar-refractivity contribution < 1.29 is 5.21 Å². The summed E-state index contributed by atoms with van der Waals surface area (Å²) in [6.07, 6.45) is 3.99. The molecule has 0 amide bonds. The van der Waals surface area contributed by atoms with Gasteiger partial charge in [0.25, 0.3) is 0 Å². The minimum Gasteiger partial charge on any atom is -0.409 e. The highest BCUT2D eigenvalue weighted by molar-refractivity contribution is 5.79. The zero-order valence-corrected chi connectivity index (χ0v) is 8.69. The van der Waals surface area contributed by atoms with E-state index in [1.54, 1.807) is 0 Å². The van der Waals surface area contributed by atoms with E-state index in [2.05, 4.69) is 29.4 Å². The molecule has 3 heteroatoms. The Kier molecular flexibility index (Phi) is 2.90. The van der Waals surface area contributed by atoms with Gasteiger partial charge in [0.05, 0.1) is 0 Å². The Hall–Kier alpha value is -1.51. The molecule has 1 aliphatic carbocycles. The molecule has 3 N–H and O–H groups in total. The number of benzene rings is 1. The molecule has 2 rings (SSSR count). The van der Waals surface area contributed by atoms with Crippen LogP contribution >= 0.6 is 0 Å². The van der Waals surface area contributed by atoms with E-state index in [4.69, 9.17) is 10.9 Å². The molecule has 1 unspecified atom stereocenters. The molecule has 0 aromatic heterocycles. The fourth-order valence-electron chi connectivity index (χ4n) is 2.28. The standard InChI is InChI=1S/C12H16N2O/c13-12(14-15)8-9-5-6-10-3-1-2-4-11(10)7-9/h1-4,9,15H,5-8H2,(H2,13,14). The number of hydrogen-bond acceptors (Lipinski definition) is 2. The molecule has 0 bridgehead atoms. The lowest BCUT2D eigenvalue weighted by Gasteiger charge is -2.23. The fourth-order valence-corrected chi connectivity index (χ4v) is 2.28. The highest BCUT2D eigenvalue weighted by atomic mass is 16.4. The summed E-state index contributed by atoms with van der Waals surface area (Å²) in [6, 6.07) is 8.52. The van der Waals surface area contributed by atoms with Crippen LogP contribution in [-0.4, -0.2) is 11.0 Å². The Bertz CT molecular complexity index is 374. The molecule has 0 radical (unpaired) electrons. The van der Waals surface area contributed by atoms with E-state index >= 15 is 0 Å². The first-order chi connectivity index (χ1) is 7.29. The first-order valence-corrected chi connectivity index (χ1v) is 5.33. The van der Waals surface area contributed by atoms with Crippen molar-refractivity contribution in [3.8, 4) is 0 Å². The van der Waals surface area contributed by atoms with Crippen LogP contribution in [0.2, 0.25) is 0 Å². The minimum atomic E-state index is 0.347. The number of oxime groups is 1. The largest absolute Gasteiger partial charge is 0.409 e. The molecule has 1 aromatic rings. The van der Waals surface area contributed by atoms with Gasteiger partial charge in [-0.3, -0.25) is 0 Å². The van der Waals surface area contributed by atoms with Crippen LogP contribution in [0.15, 0.2) is 29.4 Å². The monoisotopic (exact) mass is 204 g/mol. The van der Waals surface area contributed by atoms with Crippen LogP contribution < -0.4 is 5.73 Å². The van der Waals surface area contributed by atoms with Gasteiger partial charge in [0, 0.05) is 6.42 Å². The number of rotatable bonds is 2. The number of fused-ring (bicyclic) bond motifs is 1. The van der Waals surface area contributed by atoms with Crippen molar-refractivity contribution in [3.05, 3.63) is 35.4 Å². The lowest BCUT2D eigenvalue weighted by atomic mass is 9.82. The highest BCUT2D eigenvalue weighted by Gasteiger charge is 2.18. The van der Waals surface area contributed by atoms with E-state index < -0.39 is 0 Å². The van der Waals surface area contributed by atoms with Crippen molar-refractivity contribution >= 4 is 5.84 Å². The molecule has 15 heavy (non-hydrogen) atoms. The van der Waals surface area contributed by atoms with Crippen molar-refractivity contribution in [2.75, 3.05) is 0 Å². The van der Waals surface area contributed by atoms with E-state index in [9.17, 15) is 0 Å². The molecule has 3 nitrogen and oxygen atoms in total. The van der Waals surface area contributed by atoms with Crippen LogP contribution in [0.5, 0.6) is 0 Å². The molecule has 0 saturated heterocycles. The summed E-state index contributed by atoms with van der Waals surface area (Å²) < 4.78 is 0. The summed E-state index contributed by atoms with van der Waals surface area (Å²) in [5.41, 5.74) is 8.39. The third-order valence-corrected chi connectivity index (χ3v) is 3.08. The second-order valence-corrected chi connectivity index (χ2v) is 4.17. The lowest BCUT2D eigenvalue weighted by Crippen LogP contribution is -2.22. The van der Waals surface area contributed by atoms with Gasteiger partial charge in [0.2, 0.25) is 0 Å². The van der Waals surface area contributed by atoms with E-state index in [0.717, 1.165) is 19.3 Å². The van der Waals surface area contributed by atoms with Gasteiger partial charge in [-0.1, -0.05) is 29.4 Å². The summed E-state index contributed by atoms with van der Waals surface area (Å²) in [6.45, 7) is 0. The van der Waals surface area contributed by atoms with Gasteiger partial charge in [-0.25, -0.2) is 0 Å². The van der Waals surface area contributed by atoms with E-state index in [1.165, 1.54) is 11.1 Å². The molecule has 0 heterocycles. The molecule has 1 aromatic carbocycles. The summed E-state index contributed by atoms with van der Waals surface area (Å²) in [7, 11) is 0. The Morgan fingerprint density at radius 2 is 2.13 bits per heavy atom. The zero-order chi connectivity index (χ0) is 10.7. The third-order valence-electron chi connectivity index (χ3n) is 3.08. The van der Waals surface area contributed by atoms with Crippen LogP contribution in [-0.2, 0) is 12.8 Å². The predicted octanol–water partition coefficient (Wildman–Crippen LogP) is 1.93. The van der Waals surface area contributed by atoms with Gasteiger partial charge in [-0.2, -0.15) is 0 Å². The highest BCUT2D eigenvalue weighted by Crippen LogP contribution is 2.27. The van der Waals surface area contributed by atoms with Crippen LogP contribution in [0, 0.1) is 5.92 Å². The zero-order valence-electron chi connectivity index (χ0n) is 8.69. The molecule has 0 spiro atoms. The van der Waals surface area contributed by atoms with Crippen LogP contribution in [0.25, 0.3) is 0 Å². The molecule has 0 fully saturated rings. The number of amidine groups is 1. The molecule has 1 aliphatic rings. The maximum absolute atomic E-state index is 8.52. The smallest absolute Gasteiger partial charge is 0.139 e. The summed E-state index contributed by atoms with van der Waals surface area (Å²) in [4.78, 5) is 0. The first-order valence-electron chi connectivity index (χ1n) is 5.33. The minimum absolute atomic E-state index is 0.347. The summed E-state index contributed by atoms with van der Waals surface area (Å²) in [5, 5.41) is 11.6. The molecule has 0 aliphatic heterocycles. The number of nitrogens with zero attached hydrogens (tertiary/aromatic N) is 1. The SMILES string of the molecule is N/C(CC1CCc2ccccc2C1)=N\O.